The number of anilines is 1. The molecule has 0 aliphatic carbocycles. The monoisotopic (exact) mass is 473 g/mol. The van der Waals surface area contributed by atoms with Crippen LogP contribution in [0.3, 0.4) is 0 Å². The van der Waals surface area contributed by atoms with Crippen LogP contribution < -0.4 is 21.3 Å². The third kappa shape index (κ3) is 5.29. The highest BCUT2D eigenvalue weighted by Crippen LogP contribution is 2.30. The fourth-order valence-corrected chi connectivity index (χ4v) is 4.71. The average molecular weight is 474 g/mol. The van der Waals surface area contributed by atoms with Gasteiger partial charge in [-0.05, 0) is 36.6 Å². The summed E-state index contributed by atoms with van der Waals surface area (Å²) in [5.41, 5.74) is 7.11. The zero-order valence-corrected chi connectivity index (χ0v) is 20.2. The number of rotatable bonds is 9. The second-order valence-corrected chi connectivity index (χ2v) is 9.70. The van der Waals surface area contributed by atoms with E-state index in [0.717, 1.165) is 5.69 Å². The Hall–Kier alpha value is -2.82. The average Bonchev–Trinajstić information content (AvgIpc) is 3.37. The van der Waals surface area contributed by atoms with E-state index in [9.17, 15) is 24.3 Å². The van der Waals surface area contributed by atoms with Crippen molar-refractivity contribution in [1.29, 1.82) is 0 Å². The van der Waals surface area contributed by atoms with Gasteiger partial charge in [0.05, 0.1) is 25.1 Å². The summed E-state index contributed by atoms with van der Waals surface area (Å²) in [6.45, 7) is 3.45. The van der Waals surface area contributed by atoms with Gasteiger partial charge in [-0.2, -0.15) is 0 Å². The number of carbonyl (C=O) groups is 4. The maximum atomic E-state index is 13.6. The molecule has 1 aromatic carbocycles. The minimum Gasteiger partial charge on any atom is -0.394 e. The molecule has 10 nitrogen and oxygen atoms in total. The number of carbonyl (C=O) groups excluding carboxylic acids is 4. The minimum atomic E-state index is -1.07. The van der Waals surface area contributed by atoms with Gasteiger partial charge in [-0.15, -0.1) is 0 Å². The van der Waals surface area contributed by atoms with Crippen molar-refractivity contribution in [3.8, 4) is 0 Å². The normalized spacial score (nSPS) is 23.6. The van der Waals surface area contributed by atoms with Gasteiger partial charge >= 0.3 is 0 Å². The molecule has 186 valence electrons. The Kier molecular flexibility index (Phi) is 8.06. The van der Waals surface area contributed by atoms with Gasteiger partial charge in [0.2, 0.25) is 5.91 Å². The molecule has 0 aromatic heterocycles. The van der Waals surface area contributed by atoms with E-state index >= 15 is 0 Å². The number of nitrogens with one attached hydrogen (secondary N) is 2. The van der Waals surface area contributed by atoms with E-state index in [2.05, 4.69) is 10.6 Å². The van der Waals surface area contributed by atoms with Gasteiger partial charge < -0.3 is 31.3 Å². The molecule has 2 saturated heterocycles. The number of fused-ring (bicyclic) bond motifs is 1. The molecule has 5 N–H and O–H groups in total. The van der Waals surface area contributed by atoms with Crippen molar-refractivity contribution in [3.63, 3.8) is 0 Å². The van der Waals surface area contributed by atoms with Gasteiger partial charge in [0, 0.05) is 37.9 Å². The SMILES string of the molecule is CC(C)C[C@H](NC(=O)c1ccc(N(C)C)cc1)C(=O)N1CC(C(=O)[C@@H](N)CO)[C@H]2NCC(=O)[C@H]21. The summed E-state index contributed by atoms with van der Waals surface area (Å²) >= 11 is 0. The summed E-state index contributed by atoms with van der Waals surface area (Å²) in [5.74, 6) is -1.95. The van der Waals surface area contributed by atoms with Crippen LogP contribution in [-0.2, 0) is 14.4 Å². The number of hydrogen-bond donors (Lipinski definition) is 4. The van der Waals surface area contributed by atoms with E-state index < -0.39 is 42.6 Å². The van der Waals surface area contributed by atoms with Gasteiger partial charge in [-0.1, -0.05) is 13.8 Å². The standard InChI is InChI=1S/C24H35N5O5/c1-13(2)9-18(27-23(33)14-5-7-15(8-6-14)28(3)4)24(34)29-11-16(22(32)17(25)12-30)20-21(29)19(31)10-26-20/h5-8,13,16-18,20-21,26,30H,9-12,25H2,1-4H3,(H,27,33)/t16?,17-,18-,20+,21+/m0/s1. The summed E-state index contributed by atoms with van der Waals surface area (Å²) < 4.78 is 0. The van der Waals surface area contributed by atoms with Gasteiger partial charge in [0.1, 0.15) is 12.1 Å². The van der Waals surface area contributed by atoms with Gasteiger partial charge in [0.25, 0.3) is 5.91 Å². The van der Waals surface area contributed by atoms with Crippen LogP contribution in [-0.4, -0.2) is 91.3 Å². The van der Waals surface area contributed by atoms with Crippen molar-refractivity contribution in [3.05, 3.63) is 29.8 Å². The molecule has 2 aliphatic rings. The molecule has 2 fully saturated rings. The van der Waals surface area contributed by atoms with Crippen molar-refractivity contribution in [2.24, 2.45) is 17.6 Å². The highest BCUT2D eigenvalue weighted by molar-refractivity contribution is 6.01. The summed E-state index contributed by atoms with van der Waals surface area (Å²) in [6.07, 6.45) is 0.380. The number of likely N-dealkylation sites (tertiary alicyclic amines) is 1. The second-order valence-electron chi connectivity index (χ2n) is 9.70. The van der Waals surface area contributed by atoms with E-state index in [1.807, 2.05) is 45.0 Å². The van der Waals surface area contributed by atoms with Crippen molar-refractivity contribution >= 4 is 29.1 Å². The Morgan fingerprint density at radius 1 is 1.24 bits per heavy atom. The molecule has 0 radical (unpaired) electrons. The van der Waals surface area contributed by atoms with Gasteiger partial charge in [-0.25, -0.2) is 0 Å². The number of nitrogens with zero attached hydrogens (tertiary/aromatic N) is 2. The second kappa shape index (κ2) is 10.6. The van der Waals surface area contributed by atoms with E-state index in [0.29, 0.717) is 12.0 Å². The van der Waals surface area contributed by atoms with Crippen LogP contribution in [0.2, 0.25) is 0 Å². The van der Waals surface area contributed by atoms with E-state index in [-0.39, 0.29) is 36.5 Å². The third-order valence-corrected chi connectivity index (χ3v) is 6.51. The smallest absolute Gasteiger partial charge is 0.251 e. The summed E-state index contributed by atoms with van der Waals surface area (Å²) in [7, 11) is 3.81. The zero-order valence-electron chi connectivity index (χ0n) is 20.2. The van der Waals surface area contributed by atoms with Crippen LogP contribution in [0.25, 0.3) is 0 Å². The van der Waals surface area contributed by atoms with Crippen LogP contribution in [0.5, 0.6) is 0 Å². The lowest BCUT2D eigenvalue weighted by molar-refractivity contribution is -0.138. The molecule has 1 unspecified atom stereocenters. The molecular formula is C24H35N5O5. The Morgan fingerprint density at radius 2 is 1.88 bits per heavy atom. The van der Waals surface area contributed by atoms with Crippen molar-refractivity contribution in [2.45, 2.75) is 44.4 Å². The Balaban J connectivity index is 1.81. The first-order valence-corrected chi connectivity index (χ1v) is 11.6. The number of nitrogens with two attached hydrogens (primary N) is 1. The molecular weight excluding hydrogens is 438 g/mol. The maximum absolute atomic E-state index is 13.6. The van der Waals surface area contributed by atoms with Crippen LogP contribution in [0.1, 0.15) is 30.6 Å². The Labute approximate surface area is 199 Å². The molecule has 2 heterocycles. The molecule has 5 atom stereocenters. The van der Waals surface area contributed by atoms with E-state index in [1.165, 1.54) is 4.90 Å². The topological polar surface area (TPSA) is 145 Å². The number of benzene rings is 1. The van der Waals surface area contributed by atoms with E-state index in [1.54, 1.807) is 12.1 Å². The number of aliphatic hydroxyl groups is 1. The first-order valence-electron chi connectivity index (χ1n) is 11.6. The molecule has 0 spiro atoms. The number of ketones is 2. The van der Waals surface area contributed by atoms with Crippen LogP contribution in [0.4, 0.5) is 5.69 Å². The number of aliphatic hydroxyl groups excluding tert-OH is 1. The van der Waals surface area contributed by atoms with Crippen molar-refractivity contribution in [1.82, 2.24) is 15.5 Å². The summed E-state index contributed by atoms with van der Waals surface area (Å²) in [4.78, 5) is 55.2. The lowest BCUT2D eigenvalue weighted by atomic mass is 9.92. The Bertz CT molecular complexity index is 932. The number of Topliss-reactive ketones (excluding diaryl/α,β-unsaturated/α-hetero) is 2. The molecule has 0 saturated carbocycles. The fourth-order valence-electron chi connectivity index (χ4n) is 4.71. The highest BCUT2D eigenvalue weighted by atomic mass is 16.3. The minimum absolute atomic E-state index is 0.0153. The Morgan fingerprint density at radius 3 is 2.44 bits per heavy atom. The van der Waals surface area contributed by atoms with Gasteiger partial charge in [0.15, 0.2) is 11.6 Å². The molecule has 2 amide bonds. The summed E-state index contributed by atoms with van der Waals surface area (Å²) in [5, 5.41) is 15.2. The predicted octanol–water partition coefficient (Wildman–Crippen LogP) is -0.846. The third-order valence-electron chi connectivity index (χ3n) is 6.51. The van der Waals surface area contributed by atoms with Crippen molar-refractivity contribution in [2.75, 3.05) is 38.7 Å². The molecule has 10 heteroatoms. The van der Waals surface area contributed by atoms with Crippen LogP contribution in [0, 0.1) is 11.8 Å². The van der Waals surface area contributed by atoms with Crippen LogP contribution in [0.15, 0.2) is 24.3 Å². The largest absolute Gasteiger partial charge is 0.394 e. The zero-order chi connectivity index (χ0) is 25.2. The molecule has 0 bridgehead atoms. The number of hydrogen-bond acceptors (Lipinski definition) is 8. The van der Waals surface area contributed by atoms with Crippen molar-refractivity contribution < 1.29 is 24.3 Å². The quantitative estimate of drug-likeness (QED) is 0.363. The van der Waals surface area contributed by atoms with Crippen LogP contribution >= 0.6 is 0 Å². The van der Waals surface area contributed by atoms with Gasteiger partial charge in [-0.3, -0.25) is 19.2 Å². The number of amides is 2. The first-order chi connectivity index (χ1) is 16.0. The maximum Gasteiger partial charge on any atom is 0.251 e. The fraction of sp³-hybridized carbons (Fsp3) is 0.583. The molecule has 34 heavy (non-hydrogen) atoms. The van der Waals surface area contributed by atoms with E-state index in [4.69, 9.17) is 5.73 Å². The summed E-state index contributed by atoms with van der Waals surface area (Å²) in [6, 6.07) is 3.77. The highest BCUT2D eigenvalue weighted by Gasteiger charge is 2.54. The lowest BCUT2D eigenvalue weighted by Crippen LogP contribution is -2.52. The lowest BCUT2D eigenvalue weighted by Gasteiger charge is -2.28. The molecule has 2 aliphatic heterocycles. The molecule has 3 rings (SSSR count). The predicted molar refractivity (Wildman–Crippen MR) is 127 cm³/mol. The first kappa shape index (κ1) is 25.8. The molecule has 1 aromatic rings.